The van der Waals surface area contributed by atoms with Gasteiger partial charge < -0.3 is 5.11 Å². The molecule has 0 atom stereocenters. The van der Waals surface area contributed by atoms with E-state index >= 15 is 0 Å². The second-order valence-electron chi connectivity index (χ2n) is 3.04. The maximum absolute atomic E-state index is 10.7. The number of hydrogen-bond acceptors (Lipinski definition) is 4. The molecule has 0 aliphatic heterocycles. The highest BCUT2D eigenvalue weighted by molar-refractivity contribution is 5.99. The van der Waals surface area contributed by atoms with Crippen molar-refractivity contribution in [2.45, 2.75) is 0 Å². The first-order chi connectivity index (χ1) is 7.26. The Balaban J connectivity index is 2.87. The molecule has 74 valence electrons. The van der Waals surface area contributed by atoms with Gasteiger partial charge in [0, 0.05) is 10.9 Å². The lowest BCUT2D eigenvalue weighted by Gasteiger charge is -2.02. The van der Waals surface area contributed by atoms with Gasteiger partial charge in [-0.2, -0.15) is 0 Å². The summed E-state index contributed by atoms with van der Waals surface area (Å²) in [6, 6.07) is 5.98. The molecule has 0 fully saturated rings. The molecule has 1 N–H and O–H groups in total. The molecule has 15 heavy (non-hydrogen) atoms. The number of nitrogens with zero attached hydrogens (tertiary/aromatic N) is 1. The second-order valence-corrected chi connectivity index (χ2v) is 3.04. The zero-order chi connectivity index (χ0) is 10.8. The fraction of sp³-hybridized carbons (Fsp3) is 0. The average Bonchev–Trinajstić information content (AvgIpc) is 2.29. The van der Waals surface area contributed by atoms with Gasteiger partial charge in [0.25, 0.3) is 0 Å². The molecule has 4 heteroatoms. The Morgan fingerprint density at radius 1 is 1.07 bits per heavy atom. The third-order valence-corrected chi connectivity index (χ3v) is 2.14. The van der Waals surface area contributed by atoms with Gasteiger partial charge in [-0.3, -0.25) is 9.59 Å². The lowest BCUT2D eigenvalue weighted by molar-refractivity contribution is 0.111. The normalized spacial score (nSPS) is 10.1. The van der Waals surface area contributed by atoms with Crippen LogP contribution in [0, 0.1) is 0 Å². The molecule has 2 rings (SSSR count). The summed E-state index contributed by atoms with van der Waals surface area (Å²) in [6.45, 7) is 0. The minimum absolute atomic E-state index is 0.0423. The molecule has 4 nitrogen and oxygen atoms in total. The number of aldehydes is 2. The lowest BCUT2D eigenvalue weighted by Crippen LogP contribution is -1.91. The van der Waals surface area contributed by atoms with Crippen LogP contribution >= 0.6 is 0 Å². The number of aromatic nitrogens is 1. The summed E-state index contributed by atoms with van der Waals surface area (Å²) in [5.74, 6) is -0.0423. The standard InChI is InChI=1S/C11H7NO3/c13-5-7-1-4-10(15)11-9(7)3-2-8(6-14)12-11/h1-6,15H. The summed E-state index contributed by atoms with van der Waals surface area (Å²) in [5, 5.41) is 10.1. The lowest BCUT2D eigenvalue weighted by atomic mass is 10.1. The number of benzene rings is 1. The number of pyridine rings is 1. The van der Waals surface area contributed by atoms with Crippen LogP contribution in [0.4, 0.5) is 0 Å². The summed E-state index contributed by atoms with van der Waals surface area (Å²) in [5.41, 5.74) is 0.929. The largest absolute Gasteiger partial charge is 0.506 e. The molecular weight excluding hydrogens is 194 g/mol. The van der Waals surface area contributed by atoms with Gasteiger partial charge in [-0.05, 0) is 24.3 Å². The molecule has 1 aromatic heterocycles. The van der Waals surface area contributed by atoms with Crippen LogP contribution < -0.4 is 0 Å². The van der Waals surface area contributed by atoms with Crippen LogP contribution in [0.3, 0.4) is 0 Å². The topological polar surface area (TPSA) is 67.3 Å². The Bertz CT molecular complexity index is 549. The van der Waals surface area contributed by atoms with E-state index in [0.29, 0.717) is 23.5 Å². The van der Waals surface area contributed by atoms with E-state index in [4.69, 9.17) is 0 Å². The highest BCUT2D eigenvalue weighted by atomic mass is 16.3. The third kappa shape index (κ3) is 1.46. The van der Waals surface area contributed by atoms with Crippen LogP contribution in [0.2, 0.25) is 0 Å². The van der Waals surface area contributed by atoms with E-state index in [1.54, 1.807) is 6.07 Å². The molecule has 0 bridgehead atoms. The monoisotopic (exact) mass is 201 g/mol. The predicted molar refractivity (Wildman–Crippen MR) is 54.2 cm³/mol. The van der Waals surface area contributed by atoms with Crippen molar-refractivity contribution in [3.05, 3.63) is 35.5 Å². The Morgan fingerprint density at radius 3 is 2.53 bits per heavy atom. The van der Waals surface area contributed by atoms with Gasteiger partial charge in [0.1, 0.15) is 17.0 Å². The molecule has 0 aliphatic carbocycles. The summed E-state index contributed by atoms with van der Waals surface area (Å²) in [4.78, 5) is 25.1. The zero-order valence-electron chi connectivity index (χ0n) is 7.68. The minimum atomic E-state index is -0.0423. The van der Waals surface area contributed by atoms with E-state index in [0.717, 1.165) is 0 Å². The van der Waals surface area contributed by atoms with E-state index in [2.05, 4.69) is 4.98 Å². The van der Waals surface area contributed by atoms with Crippen molar-refractivity contribution in [2.75, 3.05) is 0 Å². The van der Waals surface area contributed by atoms with Crippen molar-refractivity contribution >= 4 is 23.5 Å². The first-order valence-corrected chi connectivity index (χ1v) is 4.29. The van der Waals surface area contributed by atoms with E-state index < -0.39 is 0 Å². The molecule has 0 aliphatic rings. The summed E-state index contributed by atoms with van der Waals surface area (Å²) >= 11 is 0. The molecule has 0 saturated carbocycles. The van der Waals surface area contributed by atoms with Crippen molar-refractivity contribution in [3.63, 3.8) is 0 Å². The zero-order valence-corrected chi connectivity index (χ0v) is 7.68. The van der Waals surface area contributed by atoms with Crippen molar-refractivity contribution < 1.29 is 14.7 Å². The first kappa shape index (κ1) is 9.33. The Kier molecular flexibility index (Phi) is 2.17. The number of phenolic OH excluding ortho intramolecular Hbond substituents is 1. The number of rotatable bonds is 2. The molecule has 2 aromatic rings. The molecule has 0 spiro atoms. The molecular formula is C11H7NO3. The molecule has 0 saturated heterocycles. The smallest absolute Gasteiger partial charge is 0.168 e. The van der Waals surface area contributed by atoms with Gasteiger partial charge in [0.15, 0.2) is 12.6 Å². The van der Waals surface area contributed by atoms with E-state index in [1.165, 1.54) is 18.2 Å². The SMILES string of the molecule is O=Cc1ccc2c(C=O)ccc(O)c2n1. The highest BCUT2D eigenvalue weighted by Crippen LogP contribution is 2.24. The number of aromatic hydroxyl groups is 1. The van der Waals surface area contributed by atoms with Gasteiger partial charge in [-0.15, -0.1) is 0 Å². The summed E-state index contributed by atoms with van der Waals surface area (Å²) in [7, 11) is 0. The highest BCUT2D eigenvalue weighted by Gasteiger charge is 2.06. The molecule has 0 unspecified atom stereocenters. The fourth-order valence-corrected chi connectivity index (χ4v) is 1.41. The van der Waals surface area contributed by atoms with Crippen molar-refractivity contribution in [1.82, 2.24) is 4.98 Å². The van der Waals surface area contributed by atoms with Gasteiger partial charge in [0.2, 0.25) is 0 Å². The van der Waals surface area contributed by atoms with Gasteiger partial charge in [-0.25, -0.2) is 4.98 Å². The van der Waals surface area contributed by atoms with Gasteiger partial charge in [-0.1, -0.05) is 0 Å². The Morgan fingerprint density at radius 2 is 1.87 bits per heavy atom. The van der Waals surface area contributed by atoms with Crippen molar-refractivity contribution in [2.24, 2.45) is 0 Å². The van der Waals surface area contributed by atoms with Crippen LogP contribution in [0.1, 0.15) is 20.8 Å². The molecule has 1 aromatic carbocycles. The average molecular weight is 201 g/mol. The van der Waals surface area contributed by atoms with E-state index in [9.17, 15) is 14.7 Å². The van der Waals surface area contributed by atoms with E-state index in [-0.39, 0.29) is 17.0 Å². The number of fused-ring (bicyclic) bond motifs is 1. The van der Waals surface area contributed by atoms with E-state index in [1.807, 2.05) is 0 Å². The first-order valence-electron chi connectivity index (χ1n) is 4.29. The van der Waals surface area contributed by atoms with Crippen molar-refractivity contribution in [3.8, 4) is 5.75 Å². The quantitative estimate of drug-likeness (QED) is 0.749. The summed E-state index contributed by atoms with van der Waals surface area (Å²) < 4.78 is 0. The van der Waals surface area contributed by atoms with Crippen LogP contribution in [0.25, 0.3) is 10.9 Å². The van der Waals surface area contributed by atoms with Crippen LogP contribution in [0.15, 0.2) is 24.3 Å². The van der Waals surface area contributed by atoms with Crippen LogP contribution in [0.5, 0.6) is 5.75 Å². The summed E-state index contributed by atoms with van der Waals surface area (Å²) in [6.07, 6.45) is 1.27. The number of phenols is 1. The number of hydrogen-bond donors (Lipinski definition) is 1. The second kappa shape index (κ2) is 3.49. The minimum Gasteiger partial charge on any atom is -0.506 e. The van der Waals surface area contributed by atoms with Gasteiger partial charge >= 0.3 is 0 Å². The van der Waals surface area contributed by atoms with Gasteiger partial charge in [0.05, 0.1) is 0 Å². The molecule has 0 radical (unpaired) electrons. The maximum atomic E-state index is 10.7. The fourth-order valence-electron chi connectivity index (χ4n) is 1.41. The maximum Gasteiger partial charge on any atom is 0.168 e. The molecule has 1 heterocycles. The Hall–Kier alpha value is -2.23. The Labute approximate surface area is 85.2 Å². The molecule has 0 amide bonds. The van der Waals surface area contributed by atoms with Crippen LogP contribution in [-0.4, -0.2) is 22.7 Å². The predicted octanol–water partition coefficient (Wildman–Crippen LogP) is 1.57. The number of carbonyl (C=O) groups excluding carboxylic acids is 2. The van der Waals surface area contributed by atoms with Crippen molar-refractivity contribution in [1.29, 1.82) is 0 Å². The van der Waals surface area contributed by atoms with Crippen LogP contribution in [-0.2, 0) is 0 Å². The number of carbonyl (C=O) groups is 2. The third-order valence-electron chi connectivity index (χ3n) is 2.14.